The first-order valence-electron chi connectivity index (χ1n) is 8.67. The van der Waals surface area contributed by atoms with Crippen molar-refractivity contribution in [1.29, 1.82) is 0 Å². The van der Waals surface area contributed by atoms with Gasteiger partial charge in [-0.1, -0.05) is 44.2 Å². The van der Waals surface area contributed by atoms with E-state index in [4.69, 9.17) is 9.47 Å². The number of hydrogen-bond donors (Lipinski definition) is 1. The number of amides is 1. The van der Waals surface area contributed by atoms with Crippen molar-refractivity contribution < 1.29 is 29.0 Å². The van der Waals surface area contributed by atoms with Crippen molar-refractivity contribution in [2.45, 2.75) is 46.1 Å². The molecule has 7 nitrogen and oxygen atoms in total. The molecule has 1 amide bonds. The average molecular weight is 363 g/mol. The van der Waals surface area contributed by atoms with E-state index in [-0.39, 0.29) is 37.0 Å². The molecule has 1 aliphatic rings. The first-order valence-corrected chi connectivity index (χ1v) is 8.67. The van der Waals surface area contributed by atoms with Gasteiger partial charge in [-0.3, -0.25) is 9.59 Å². The molecule has 3 atom stereocenters. The number of aliphatic hydroxyl groups excluding tert-OH is 1. The predicted molar refractivity (Wildman–Crippen MR) is 92.5 cm³/mol. The number of aliphatic hydroxyl groups is 1. The maximum Gasteiger partial charge on any atom is 0.356 e. The van der Waals surface area contributed by atoms with E-state index in [2.05, 4.69) is 0 Å². The molecule has 0 aliphatic carbocycles. The van der Waals surface area contributed by atoms with Crippen molar-refractivity contribution in [3.63, 3.8) is 0 Å². The van der Waals surface area contributed by atoms with Crippen LogP contribution in [0.2, 0.25) is 0 Å². The van der Waals surface area contributed by atoms with Crippen LogP contribution in [-0.4, -0.2) is 46.7 Å². The minimum absolute atomic E-state index is 0.0183. The highest BCUT2D eigenvalue weighted by Gasteiger charge is 2.52. The molecule has 26 heavy (non-hydrogen) atoms. The highest BCUT2D eigenvalue weighted by Crippen LogP contribution is 2.36. The summed E-state index contributed by atoms with van der Waals surface area (Å²) in [4.78, 5) is 36.6. The molecule has 1 saturated heterocycles. The molecule has 2 rings (SSSR count). The Kier molecular flexibility index (Phi) is 6.74. The normalized spacial score (nSPS) is 20.5. The number of ether oxygens (including phenoxy) is 2. The van der Waals surface area contributed by atoms with Gasteiger partial charge in [-0.15, -0.1) is 0 Å². The molecule has 1 aromatic carbocycles. The van der Waals surface area contributed by atoms with E-state index in [9.17, 15) is 19.5 Å². The lowest BCUT2D eigenvalue weighted by Crippen LogP contribution is -2.67. The summed E-state index contributed by atoms with van der Waals surface area (Å²) in [5.41, 5.74) is 0.787. The van der Waals surface area contributed by atoms with Gasteiger partial charge in [0.2, 0.25) is 12.1 Å². The zero-order valence-electron chi connectivity index (χ0n) is 15.3. The fourth-order valence-corrected chi connectivity index (χ4v) is 3.18. The minimum Gasteiger partial charge on any atom is -0.466 e. The van der Waals surface area contributed by atoms with Gasteiger partial charge < -0.3 is 19.5 Å². The van der Waals surface area contributed by atoms with Crippen molar-refractivity contribution in [3.8, 4) is 0 Å². The van der Waals surface area contributed by atoms with Crippen LogP contribution in [0.1, 0.15) is 32.8 Å². The summed E-state index contributed by atoms with van der Waals surface area (Å²) in [6, 6.07) is 8.70. The van der Waals surface area contributed by atoms with Gasteiger partial charge in [0, 0.05) is 19.4 Å². The van der Waals surface area contributed by atoms with E-state index >= 15 is 0 Å². The molecule has 7 heteroatoms. The molecule has 0 spiro atoms. The number of esters is 2. The molecular weight excluding hydrogens is 338 g/mol. The van der Waals surface area contributed by atoms with Gasteiger partial charge in [0.05, 0.1) is 12.5 Å². The Morgan fingerprint density at radius 3 is 2.42 bits per heavy atom. The Morgan fingerprint density at radius 1 is 1.19 bits per heavy atom. The highest BCUT2D eigenvalue weighted by atomic mass is 16.6. The zero-order chi connectivity index (χ0) is 19.3. The van der Waals surface area contributed by atoms with E-state index in [1.54, 1.807) is 12.1 Å². The van der Waals surface area contributed by atoms with Gasteiger partial charge in [-0.25, -0.2) is 4.79 Å². The van der Waals surface area contributed by atoms with E-state index in [0.717, 1.165) is 10.5 Å². The second-order valence-electron chi connectivity index (χ2n) is 6.68. The third-order valence-electron chi connectivity index (χ3n) is 4.45. The molecule has 1 aromatic rings. The molecule has 142 valence electrons. The van der Waals surface area contributed by atoms with Crippen LogP contribution in [0.25, 0.3) is 0 Å². The summed E-state index contributed by atoms with van der Waals surface area (Å²) in [6.07, 6.45) is -1.31. The molecule has 1 unspecified atom stereocenters. The smallest absolute Gasteiger partial charge is 0.356 e. The topological polar surface area (TPSA) is 93.1 Å². The van der Waals surface area contributed by atoms with Gasteiger partial charge in [-0.2, -0.15) is 0 Å². The highest BCUT2D eigenvalue weighted by molar-refractivity contribution is 5.90. The fourth-order valence-electron chi connectivity index (χ4n) is 3.18. The Morgan fingerprint density at radius 2 is 1.85 bits per heavy atom. The Balaban J connectivity index is 1.97. The molecule has 1 heterocycles. The van der Waals surface area contributed by atoms with Crippen LogP contribution in [0.15, 0.2) is 30.3 Å². The lowest BCUT2D eigenvalue weighted by Gasteiger charge is -2.50. The van der Waals surface area contributed by atoms with Gasteiger partial charge in [-0.05, 0) is 11.5 Å². The van der Waals surface area contributed by atoms with Gasteiger partial charge in [0.1, 0.15) is 6.61 Å². The van der Waals surface area contributed by atoms with Crippen LogP contribution in [0.4, 0.5) is 0 Å². The van der Waals surface area contributed by atoms with E-state index in [1.807, 2.05) is 32.0 Å². The molecular formula is C19H25NO6. The Labute approximate surface area is 152 Å². The SMILES string of the molecule is CC(=O)OCC[C@@H]1[C@@H](C(C)C)C(=O)N1C(O)C(=O)OCc1ccccc1. The number of nitrogens with zero attached hydrogens (tertiary/aromatic N) is 1. The van der Waals surface area contributed by atoms with Crippen molar-refractivity contribution in [1.82, 2.24) is 4.90 Å². The summed E-state index contributed by atoms with van der Waals surface area (Å²) in [5, 5.41) is 10.3. The van der Waals surface area contributed by atoms with Crippen molar-refractivity contribution >= 4 is 17.8 Å². The van der Waals surface area contributed by atoms with Crippen LogP contribution in [-0.2, 0) is 30.5 Å². The number of β-lactam (4-membered cyclic amide) rings is 1. The van der Waals surface area contributed by atoms with E-state index < -0.39 is 18.2 Å². The number of carbonyl (C=O) groups is 3. The van der Waals surface area contributed by atoms with Gasteiger partial charge in [0.15, 0.2) is 0 Å². The maximum absolute atomic E-state index is 12.4. The predicted octanol–water partition coefficient (Wildman–Crippen LogP) is 1.48. The quantitative estimate of drug-likeness (QED) is 0.556. The van der Waals surface area contributed by atoms with Crippen LogP contribution in [0.5, 0.6) is 0 Å². The van der Waals surface area contributed by atoms with Crippen molar-refractivity contribution in [2.75, 3.05) is 6.61 Å². The molecule has 0 bridgehead atoms. The van der Waals surface area contributed by atoms with Crippen LogP contribution in [0.3, 0.4) is 0 Å². The second-order valence-corrected chi connectivity index (χ2v) is 6.68. The lowest BCUT2D eigenvalue weighted by atomic mass is 9.77. The molecule has 0 radical (unpaired) electrons. The summed E-state index contributed by atoms with van der Waals surface area (Å²) in [5.74, 6) is -1.85. The van der Waals surface area contributed by atoms with Gasteiger partial charge in [0.25, 0.3) is 0 Å². The van der Waals surface area contributed by atoms with E-state index in [1.165, 1.54) is 6.92 Å². The average Bonchev–Trinajstić information content (AvgIpc) is 2.59. The molecule has 0 aromatic heterocycles. The number of likely N-dealkylation sites (tertiary alicyclic amines) is 1. The lowest BCUT2D eigenvalue weighted by molar-refractivity contribution is -0.196. The van der Waals surface area contributed by atoms with Crippen molar-refractivity contribution in [3.05, 3.63) is 35.9 Å². The molecule has 1 aliphatic heterocycles. The molecule has 1 fully saturated rings. The molecule has 0 saturated carbocycles. The summed E-state index contributed by atoms with van der Waals surface area (Å²) >= 11 is 0. The Bertz CT molecular complexity index is 645. The summed E-state index contributed by atoms with van der Waals surface area (Å²) in [6.45, 7) is 5.25. The first-order chi connectivity index (χ1) is 12.3. The number of rotatable bonds is 8. The van der Waals surface area contributed by atoms with Crippen LogP contribution >= 0.6 is 0 Å². The summed E-state index contributed by atoms with van der Waals surface area (Å²) < 4.78 is 10.0. The molecule has 1 N–H and O–H groups in total. The third kappa shape index (κ3) is 4.60. The number of hydrogen-bond acceptors (Lipinski definition) is 6. The van der Waals surface area contributed by atoms with Gasteiger partial charge >= 0.3 is 11.9 Å². The number of benzene rings is 1. The second kappa shape index (κ2) is 8.80. The van der Waals surface area contributed by atoms with Crippen LogP contribution in [0, 0.1) is 11.8 Å². The van der Waals surface area contributed by atoms with E-state index in [0.29, 0.717) is 6.42 Å². The zero-order valence-corrected chi connectivity index (χ0v) is 15.3. The van der Waals surface area contributed by atoms with Crippen molar-refractivity contribution in [2.24, 2.45) is 11.8 Å². The fraction of sp³-hybridized carbons (Fsp3) is 0.526. The standard InChI is InChI=1S/C19H25NO6/c1-12(2)16-15(9-10-25-13(3)21)20(17(16)22)18(23)19(24)26-11-14-7-5-4-6-8-14/h4-8,12,15-16,18,23H,9-11H2,1-3H3/t15-,16-,18?/m1/s1. The third-order valence-corrected chi connectivity index (χ3v) is 4.45. The number of carbonyl (C=O) groups excluding carboxylic acids is 3. The monoisotopic (exact) mass is 363 g/mol. The van der Waals surface area contributed by atoms with Crippen LogP contribution < -0.4 is 0 Å². The first kappa shape index (κ1) is 19.9. The largest absolute Gasteiger partial charge is 0.466 e. The Hall–Kier alpha value is -2.41. The summed E-state index contributed by atoms with van der Waals surface area (Å²) in [7, 11) is 0. The minimum atomic E-state index is -1.66. The maximum atomic E-state index is 12.4.